The van der Waals surface area contributed by atoms with Gasteiger partial charge in [0.15, 0.2) is 5.58 Å². The van der Waals surface area contributed by atoms with Crippen molar-refractivity contribution in [2.45, 2.75) is 31.7 Å². The van der Waals surface area contributed by atoms with E-state index in [0.29, 0.717) is 17.0 Å². The minimum atomic E-state index is -3.66. The fourth-order valence-corrected chi connectivity index (χ4v) is 4.52. The molecule has 0 aliphatic carbocycles. The van der Waals surface area contributed by atoms with Gasteiger partial charge in [-0.25, -0.2) is 13.1 Å². The molecule has 0 saturated carbocycles. The molecule has 2 N–H and O–H groups in total. The van der Waals surface area contributed by atoms with E-state index in [1.807, 2.05) is 56.3 Å². The highest BCUT2D eigenvalue weighted by atomic mass is 32.2. The van der Waals surface area contributed by atoms with Crippen LogP contribution in [0.25, 0.3) is 11.0 Å². The first-order chi connectivity index (χ1) is 15.3. The first-order valence-electron chi connectivity index (χ1n) is 10.1. The van der Waals surface area contributed by atoms with E-state index in [2.05, 4.69) is 15.2 Å². The summed E-state index contributed by atoms with van der Waals surface area (Å²) in [5, 5.41) is 7.64. The molecule has 0 saturated heterocycles. The molecule has 0 spiro atoms. The van der Waals surface area contributed by atoms with Crippen LogP contribution in [0.3, 0.4) is 0 Å². The second-order valence-corrected chi connectivity index (χ2v) is 9.41. The minimum Gasteiger partial charge on any atom is -0.356 e. The van der Waals surface area contributed by atoms with E-state index in [1.165, 1.54) is 12.1 Å². The van der Waals surface area contributed by atoms with Crippen molar-refractivity contribution in [2.75, 3.05) is 5.32 Å². The zero-order valence-corrected chi connectivity index (χ0v) is 18.6. The fraction of sp³-hybridized carbons (Fsp3) is 0.167. The van der Waals surface area contributed by atoms with Crippen LogP contribution in [0.1, 0.15) is 22.4 Å². The Morgan fingerprint density at radius 1 is 1.00 bits per heavy atom. The quantitative estimate of drug-likeness (QED) is 0.442. The van der Waals surface area contributed by atoms with Gasteiger partial charge in [0.05, 0.1) is 11.3 Å². The molecule has 0 unspecified atom stereocenters. The molecule has 4 aromatic rings. The van der Waals surface area contributed by atoms with E-state index in [4.69, 9.17) is 4.52 Å². The highest BCUT2D eigenvalue weighted by molar-refractivity contribution is 7.89. The van der Waals surface area contributed by atoms with Crippen molar-refractivity contribution >= 4 is 32.6 Å². The molecule has 32 heavy (non-hydrogen) atoms. The molecule has 8 heteroatoms. The highest BCUT2D eigenvalue weighted by Gasteiger charge is 2.16. The summed E-state index contributed by atoms with van der Waals surface area (Å²) in [5.74, 6) is -0.267. The minimum absolute atomic E-state index is 0.0502. The number of fused-ring (bicyclic) bond motifs is 1. The second-order valence-electron chi connectivity index (χ2n) is 7.65. The number of aryl methyl sites for hydroxylation is 2. The predicted octanol–water partition coefficient (Wildman–Crippen LogP) is 4.10. The molecule has 1 heterocycles. The Morgan fingerprint density at radius 3 is 2.44 bits per heavy atom. The molecule has 0 aliphatic heterocycles. The Labute approximate surface area is 186 Å². The fourth-order valence-electron chi connectivity index (χ4n) is 3.50. The molecule has 7 nitrogen and oxygen atoms in total. The average molecular weight is 450 g/mol. The lowest BCUT2D eigenvalue weighted by Crippen LogP contribution is -2.23. The normalized spacial score (nSPS) is 11.6. The molecule has 164 valence electrons. The lowest BCUT2D eigenvalue weighted by molar-refractivity contribution is -0.115. The van der Waals surface area contributed by atoms with Crippen LogP contribution in [0, 0.1) is 13.8 Å². The van der Waals surface area contributed by atoms with Crippen molar-refractivity contribution in [3.05, 3.63) is 89.1 Å². The van der Waals surface area contributed by atoms with Gasteiger partial charge in [0.1, 0.15) is 5.69 Å². The van der Waals surface area contributed by atoms with E-state index in [0.717, 1.165) is 22.1 Å². The van der Waals surface area contributed by atoms with Crippen molar-refractivity contribution in [3.63, 3.8) is 0 Å². The topological polar surface area (TPSA) is 101 Å². The molecule has 0 atom stereocenters. The number of rotatable bonds is 7. The predicted molar refractivity (Wildman–Crippen MR) is 123 cm³/mol. The summed E-state index contributed by atoms with van der Waals surface area (Å²) in [6.07, 6.45) is 0.0502. The van der Waals surface area contributed by atoms with Crippen LogP contribution in [0.4, 0.5) is 5.69 Å². The smallest absolute Gasteiger partial charge is 0.240 e. The SMILES string of the molecule is Cc1cc(C)c2onc(CC(=O)Nc3ccc(S(=O)(=O)NCc4ccccc4)cc3)c2c1. The third-order valence-electron chi connectivity index (χ3n) is 5.06. The van der Waals surface area contributed by atoms with Gasteiger partial charge in [0, 0.05) is 17.6 Å². The number of benzene rings is 3. The summed E-state index contributed by atoms with van der Waals surface area (Å²) >= 11 is 0. The third kappa shape index (κ3) is 4.87. The van der Waals surface area contributed by atoms with E-state index >= 15 is 0 Å². The van der Waals surface area contributed by atoms with Crippen LogP contribution in [0.2, 0.25) is 0 Å². The lowest BCUT2D eigenvalue weighted by atomic mass is 10.1. The molecule has 0 aliphatic rings. The molecule has 1 aromatic heterocycles. The molecule has 3 aromatic carbocycles. The Bertz CT molecular complexity index is 1360. The van der Waals surface area contributed by atoms with Crippen LogP contribution < -0.4 is 10.0 Å². The summed E-state index contributed by atoms with van der Waals surface area (Å²) in [6, 6.07) is 19.3. The summed E-state index contributed by atoms with van der Waals surface area (Å²) in [5.41, 5.74) is 4.64. The second kappa shape index (κ2) is 8.94. The summed E-state index contributed by atoms with van der Waals surface area (Å²) in [6.45, 7) is 4.12. The number of nitrogens with one attached hydrogen (secondary N) is 2. The maximum Gasteiger partial charge on any atom is 0.240 e. The molecule has 0 bridgehead atoms. The molecule has 4 rings (SSSR count). The van der Waals surface area contributed by atoms with Crippen molar-refractivity contribution in [1.82, 2.24) is 9.88 Å². The Balaban J connectivity index is 1.41. The standard InChI is InChI=1S/C24H23N3O4S/c1-16-12-17(2)24-21(13-16)22(27-31-24)14-23(28)26-19-8-10-20(11-9-19)32(29,30)25-15-18-6-4-3-5-7-18/h3-13,25H,14-15H2,1-2H3,(H,26,28). The molecular weight excluding hydrogens is 426 g/mol. The van der Waals surface area contributed by atoms with Gasteiger partial charge in [-0.2, -0.15) is 0 Å². The number of carbonyl (C=O) groups is 1. The molecule has 0 radical (unpaired) electrons. The van der Waals surface area contributed by atoms with E-state index in [-0.39, 0.29) is 23.8 Å². The van der Waals surface area contributed by atoms with Gasteiger partial charge < -0.3 is 9.84 Å². The van der Waals surface area contributed by atoms with Crippen molar-refractivity contribution in [2.24, 2.45) is 0 Å². The van der Waals surface area contributed by atoms with E-state index in [9.17, 15) is 13.2 Å². The Hall–Kier alpha value is -3.49. The lowest BCUT2D eigenvalue weighted by Gasteiger charge is -2.09. The van der Waals surface area contributed by atoms with E-state index < -0.39 is 10.0 Å². The average Bonchev–Trinajstić information content (AvgIpc) is 3.16. The Kier molecular flexibility index (Phi) is 6.07. The number of anilines is 1. The van der Waals surface area contributed by atoms with Gasteiger partial charge in [0.25, 0.3) is 0 Å². The van der Waals surface area contributed by atoms with Crippen molar-refractivity contribution in [1.29, 1.82) is 0 Å². The highest BCUT2D eigenvalue weighted by Crippen LogP contribution is 2.24. The van der Waals surface area contributed by atoms with Crippen LogP contribution >= 0.6 is 0 Å². The summed E-state index contributed by atoms with van der Waals surface area (Å²) < 4.78 is 33.0. The largest absolute Gasteiger partial charge is 0.356 e. The van der Waals surface area contributed by atoms with Crippen molar-refractivity contribution < 1.29 is 17.7 Å². The Morgan fingerprint density at radius 2 is 1.72 bits per heavy atom. The van der Waals surface area contributed by atoms with Gasteiger partial charge in [-0.3, -0.25) is 4.79 Å². The molecule has 0 fully saturated rings. The third-order valence-corrected chi connectivity index (χ3v) is 6.48. The number of aromatic nitrogens is 1. The van der Waals surface area contributed by atoms with E-state index in [1.54, 1.807) is 12.1 Å². The van der Waals surface area contributed by atoms with Crippen LogP contribution in [-0.2, 0) is 27.8 Å². The molecule has 1 amide bonds. The summed E-state index contributed by atoms with van der Waals surface area (Å²) in [7, 11) is -3.66. The molecular formula is C24H23N3O4S. The van der Waals surface area contributed by atoms with Crippen LogP contribution in [0.15, 0.2) is 76.1 Å². The number of hydrogen-bond acceptors (Lipinski definition) is 5. The summed E-state index contributed by atoms with van der Waals surface area (Å²) in [4.78, 5) is 12.6. The number of sulfonamides is 1. The van der Waals surface area contributed by atoms with Gasteiger partial charge in [-0.1, -0.05) is 41.6 Å². The van der Waals surface area contributed by atoms with Gasteiger partial charge in [-0.05, 0) is 60.9 Å². The zero-order chi connectivity index (χ0) is 22.7. The van der Waals surface area contributed by atoms with Gasteiger partial charge >= 0.3 is 0 Å². The van der Waals surface area contributed by atoms with Gasteiger partial charge in [0.2, 0.25) is 15.9 Å². The first kappa shape index (κ1) is 21.7. The van der Waals surface area contributed by atoms with Crippen LogP contribution in [-0.4, -0.2) is 19.5 Å². The zero-order valence-electron chi connectivity index (χ0n) is 17.8. The van der Waals surface area contributed by atoms with Gasteiger partial charge in [-0.15, -0.1) is 0 Å². The van der Waals surface area contributed by atoms with Crippen molar-refractivity contribution in [3.8, 4) is 0 Å². The maximum absolute atomic E-state index is 12.5. The monoisotopic (exact) mass is 449 g/mol. The van der Waals surface area contributed by atoms with Crippen LogP contribution in [0.5, 0.6) is 0 Å². The first-order valence-corrected chi connectivity index (χ1v) is 11.6. The number of amides is 1. The number of nitrogens with zero attached hydrogens (tertiary/aromatic N) is 1. The number of hydrogen-bond donors (Lipinski definition) is 2. The maximum atomic E-state index is 12.5. The number of carbonyl (C=O) groups excluding carboxylic acids is 1.